The smallest absolute Gasteiger partial charge is 0.279 e. The van der Waals surface area contributed by atoms with E-state index in [0.29, 0.717) is 0 Å². The zero-order valence-electron chi connectivity index (χ0n) is 9.24. The molecule has 0 saturated carbocycles. The van der Waals surface area contributed by atoms with Crippen molar-refractivity contribution in [3.63, 3.8) is 0 Å². The summed E-state index contributed by atoms with van der Waals surface area (Å²) in [7, 11) is -4.08. The Morgan fingerprint density at radius 3 is 2.67 bits per heavy atom. The number of hydrogen-bond donors (Lipinski definition) is 2. The van der Waals surface area contributed by atoms with Gasteiger partial charge in [-0.2, -0.15) is 8.42 Å². The third-order valence-electron chi connectivity index (χ3n) is 2.28. The highest BCUT2D eigenvalue weighted by atomic mass is 32.2. The maximum Gasteiger partial charge on any atom is 0.279 e. The van der Waals surface area contributed by atoms with Crippen molar-refractivity contribution >= 4 is 15.7 Å². The van der Waals surface area contributed by atoms with E-state index in [4.69, 9.17) is 0 Å². The van der Waals surface area contributed by atoms with Crippen molar-refractivity contribution in [2.75, 3.05) is 4.72 Å². The van der Waals surface area contributed by atoms with Gasteiger partial charge in [0.15, 0.2) is 10.8 Å². The van der Waals surface area contributed by atoms with E-state index in [1.54, 1.807) is 0 Å². The number of aromatic nitrogens is 2. The largest absolute Gasteiger partial charge is 0.334 e. The number of aryl methyl sites for hydroxylation is 1. The quantitative estimate of drug-likeness (QED) is 0.895. The van der Waals surface area contributed by atoms with Crippen molar-refractivity contribution in [3.05, 3.63) is 41.9 Å². The number of rotatable bonds is 3. The summed E-state index contributed by atoms with van der Waals surface area (Å²) in [6.07, 6.45) is 2.19. The molecule has 0 aliphatic carbocycles. The number of aromatic amines is 1. The fraction of sp³-hybridized carbons (Fsp3) is 0.100. The molecule has 8 heteroatoms. The predicted molar refractivity (Wildman–Crippen MR) is 60.5 cm³/mol. The Morgan fingerprint density at radius 2 is 2.06 bits per heavy atom. The van der Waals surface area contributed by atoms with Gasteiger partial charge in [0, 0.05) is 0 Å². The van der Waals surface area contributed by atoms with Gasteiger partial charge in [0.25, 0.3) is 10.0 Å². The number of nitrogens with zero attached hydrogens (tertiary/aromatic N) is 1. The van der Waals surface area contributed by atoms with Gasteiger partial charge in [-0.1, -0.05) is 6.07 Å². The lowest BCUT2D eigenvalue weighted by molar-refractivity contribution is 0.578. The van der Waals surface area contributed by atoms with Gasteiger partial charge >= 0.3 is 0 Å². The van der Waals surface area contributed by atoms with Crippen LogP contribution in [0.2, 0.25) is 0 Å². The molecule has 0 radical (unpaired) electrons. The van der Waals surface area contributed by atoms with E-state index in [9.17, 15) is 17.2 Å². The number of imidazole rings is 1. The molecule has 2 rings (SSSR count). The van der Waals surface area contributed by atoms with E-state index in [1.165, 1.54) is 13.0 Å². The number of hydrogen-bond acceptors (Lipinski definition) is 3. The van der Waals surface area contributed by atoms with Gasteiger partial charge in [-0.3, -0.25) is 4.72 Å². The molecule has 0 atom stereocenters. The zero-order chi connectivity index (χ0) is 13.3. The molecule has 0 fully saturated rings. The molecule has 1 aromatic heterocycles. The standard InChI is InChI=1S/C10H9F2N3O2S/c1-6-2-3-7(11)10(9(6)12)15-18(16,17)8-4-13-5-14-8/h2-5,15H,1H3,(H,13,14). The second kappa shape index (κ2) is 4.37. The Bertz CT molecular complexity index is 669. The van der Waals surface area contributed by atoms with E-state index in [-0.39, 0.29) is 10.6 Å². The molecule has 0 saturated heterocycles. The van der Waals surface area contributed by atoms with Crippen LogP contribution in [0, 0.1) is 18.6 Å². The van der Waals surface area contributed by atoms with Crippen molar-refractivity contribution < 1.29 is 17.2 Å². The highest BCUT2D eigenvalue weighted by molar-refractivity contribution is 7.92. The number of sulfonamides is 1. The molecule has 0 amide bonds. The minimum absolute atomic E-state index is 0.138. The first kappa shape index (κ1) is 12.5. The molecule has 2 aromatic rings. The van der Waals surface area contributed by atoms with Crippen LogP contribution in [0.3, 0.4) is 0 Å². The summed E-state index contributed by atoms with van der Waals surface area (Å²) in [5.41, 5.74) is -0.566. The Balaban J connectivity index is 2.45. The van der Waals surface area contributed by atoms with Gasteiger partial charge in [0.05, 0.1) is 12.5 Å². The predicted octanol–water partition coefficient (Wildman–Crippen LogP) is 1.80. The summed E-state index contributed by atoms with van der Waals surface area (Å²) < 4.78 is 52.4. The fourth-order valence-electron chi connectivity index (χ4n) is 1.33. The molecule has 96 valence electrons. The Hall–Kier alpha value is -1.96. The maximum absolute atomic E-state index is 13.6. The van der Waals surface area contributed by atoms with Gasteiger partial charge in [0.2, 0.25) is 0 Å². The van der Waals surface area contributed by atoms with E-state index in [1.807, 2.05) is 4.72 Å². The highest BCUT2D eigenvalue weighted by Crippen LogP contribution is 2.24. The highest BCUT2D eigenvalue weighted by Gasteiger charge is 2.21. The topological polar surface area (TPSA) is 74.8 Å². The SMILES string of the molecule is Cc1ccc(F)c(NS(=O)(=O)c2cnc[nH]2)c1F. The van der Waals surface area contributed by atoms with E-state index in [2.05, 4.69) is 9.97 Å². The summed E-state index contributed by atoms with van der Waals surface area (Å²) in [6.45, 7) is 1.41. The zero-order valence-corrected chi connectivity index (χ0v) is 10.1. The summed E-state index contributed by atoms with van der Waals surface area (Å²) >= 11 is 0. The van der Waals surface area contributed by atoms with Gasteiger partial charge in [-0.15, -0.1) is 0 Å². The van der Waals surface area contributed by atoms with Crippen LogP contribution in [0.15, 0.2) is 29.7 Å². The van der Waals surface area contributed by atoms with E-state index >= 15 is 0 Å². The Kier molecular flexibility index (Phi) is 3.04. The van der Waals surface area contributed by atoms with Crippen molar-refractivity contribution in [2.24, 2.45) is 0 Å². The molecule has 1 aromatic carbocycles. The molecule has 2 N–H and O–H groups in total. The van der Waals surface area contributed by atoms with Crippen LogP contribution in [0.1, 0.15) is 5.56 Å². The van der Waals surface area contributed by atoms with Gasteiger partial charge in [-0.05, 0) is 18.6 Å². The van der Waals surface area contributed by atoms with Crippen LogP contribution < -0.4 is 4.72 Å². The second-order valence-corrected chi connectivity index (χ2v) is 5.23. The minimum atomic E-state index is -4.08. The minimum Gasteiger partial charge on any atom is -0.334 e. The van der Waals surface area contributed by atoms with Crippen LogP contribution in [0.5, 0.6) is 0 Å². The van der Waals surface area contributed by atoms with Crippen molar-refractivity contribution in [1.29, 1.82) is 0 Å². The molecule has 0 unspecified atom stereocenters. The first-order chi connectivity index (χ1) is 8.42. The lowest BCUT2D eigenvalue weighted by Crippen LogP contribution is -2.16. The van der Waals surface area contributed by atoms with Crippen LogP contribution in [0.4, 0.5) is 14.5 Å². The molecule has 0 bridgehead atoms. The molecule has 1 heterocycles. The van der Waals surface area contributed by atoms with Crippen LogP contribution in [-0.2, 0) is 10.0 Å². The molecule has 0 aliphatic rings. The maximum atomic E-state index is 13.6. The average molecular weight is 273 g/mol. The van der Waals surface area contributed by atoms with Crippen molar-refractivity contribution in [1.82, 2.24) is 9.97 Å². The van der Waals surface area contributed by atoms with Gasteiger partial charge in [-0.25, -0.2) is 13.8 Å². The third-order valence-corrected chi connectivity index (χ3v) is 3.56. The molecule has 5 nitrogen and oxygen atoms in total. The number of halogens is 2. The van der Waals surface area contributed by atoms with Gasteiger partial charge < -0.3 is 4.98 Å². The first-order valence-electron chi connectivity index (χ1n) is 4.87. The molecular formula is C10H9F2N3O2S. The van der Waals surface area contributed by atoms with Crippen LogP contribution in [0.25, 0.3) is 0 Å². The Morgan fingerprint density at radius 1 is 1.33 bits per heavy atom. The average Bonchev–Trinajstić information content (AvgIpc) is 2.84. The van der Waals surface area contributed by atoms with E-state index in [0.717, 1.165) is 18.6 Å². The van der Waals surface area contributed by atoms with Gasteiger partial charge in [0.1, 0.15) is 11.5 Å². The van der Waals surface area contributed by atoms with Crippen molar-refractivity contribution in [2.45, 2.75) is 11.9 Å². The number of H-pyrrole nitrogens is 1. The lowest BCUT2D eigenvalue weighted by Gasteiger charge is -2.09. The normalized spacial score (nSPS) is 11.5. The van der Waals surface area contributed by atoms with Crippen molar-refractivity contribution in [3.8, 4) is 0 Å². The fourth-order valence-corrected chi connectivity index (χ4v) is 2.30. The number of anilines is 1. The molecule has 0 aliphatic heterocycles. The summed E-state index contributed by atoms with van der Waals surface area (Å²) in [5, 5.41) is -0.275. The number of benzene rings is 1. The lowest BCUT2D eigenvalue weighted by atomic mass is 10.2. The summed E-state index contributed by atoms with van der Waals surface area (Å²) in [6, 6.07) is 2.21. The molecule has 0 spiro atoms. The molecular weight excluding hydrogens is 264 g/mol. The number of nitrogens with one attached hydrogen (secondary N) is 2. The van der Waals surface area contributed by atoms with Crippen LogP contribution >= 0.6 is 0 Å². The first-order valence-corrected chi connectivity index (χ1v) is 6.36. The third kappa shape index (κ3) is 2.19. The Labute approximate surface area is 102 Å². The molecule has 18 heavy (non-hydrogen) atoms. The summed E-state index contributed by atoms with van der Waals surface area (Å²) in [5.74, 6) is -1.93. The second-order valence-electron chi connectivity index (χ2n) is 3.57. The summed E-state index contributed by atoms with van der Waals surface area (Å²) in [4.78, 5) is 5.88. The van der Waals surface area contributed by atoms with Crippen LogP contribution in [-0.4, -0.2) is 18.4 Å². The monoisotopic (exact) mass is 273 g/mol. The van der Waals surface area contributed by atoms with E-state index < -0.39 is 27.3 Å².